The number of benzene rings is 1. The average molecular weight is 536 g/mol. The summed E-state index contributed by atoms with van der Waals surface area (Å²) in [4.78, 5) is 11.7. The Bertz CT molecular complexity index is 686. The Hall–Kier alpha value is -0.770. The van der Waals surface area contributed by atoms with Crippen molar-refractivity contribution in [2.45, 2.75) is 25.3 Å². The van der Waals surface area contributed by atoms with Crippen LogP contribution in [0.15, 0.2) is 23.2 Å². The van der Waals surface area contributed by atoms with Crippen LogP contribution in [0.2, 0.25) is 5.02 Å². The van der Waals surface area contributed by atoms with Gasteiger partial charge < -0.3 is 24.8 Å². The van der Waals surface area contributed by atoms with Gasteiger partial charge in [-0.25, -0.2) is 0 Å². The number of hydrogen-bond acceptors (Lipinski definition) is 4. The first-order valence-electron chi connectivity index (χ1n) is 10.2. The summed E-state index contributed by atoms with van der Waals surface area (Å²) in [6.45, 7) is 8.53. The normalized spacial score (nSPS) is 19.9. The molecule has 164 valence electrons. The van der Waals surface area contributed by atoms with E-state index >= 15 is 0 Å². The third-order valence-corrected chi connectivity index (χ3v) is 6.49. The van der Waals surface area contributed by atoms with Crippen LogP contribution in [0, 0.1) is 6.92 Å². The number of hydrogen-bond donors (Lipinski definition) is 1. The molecule has 0 amide bonds. The Morgan fingerprint density at radius 2 is 1.86 bits per heavy atom. The van der Waals surface area contributed by atoms with Gasteiger partial charge in [-0.05, 0) is 51.6 Å². The van der Waals surface area contributed by atoms with Gasteiger partial charge in [0.15, 0.2) is 5.96 Å². The fourth-order valence-corrected chi connectivity index (χ4v) is 4.36. The molecule has 2 saturated heterocycles. The van der Waals surface area contributed by atoms with Crippen molar-refractivity contribution in [1.29, 1.82) is 0 Å². The monoisotopic (exact) mass is 535 g/mol. The second-order valence-corrected chi connectivity index (χ2v) is 8.47. The number of rotatable bonds is 4. The van der Waals surface area contributed by atoms with Gasteiger partial charge >= 0.3 is 0 Å². The Morgan fingerprint density at radius 1 is 1.21 bits per heavy atom. The van der Waals surface area contributed by atoms with Gasteiger partial charge in [0.05, 0.1) is 0 Å². The first kappa shape index (κ1) is 24.5. The Balaban J connectivity index is 0.00000300. The lowest BCUT2D eigenvalue weighted by Gasteiger charge is -2.44. The predicted octanol–water partition coefficient (Wildman–Crippen LogP) is 3.07. The highest BCUT2D eigenvalue weighted by Gasteiger charge is 2.35. The number of halogens is 2. The van der Waals surface area contributed by atoms with Crippen LogP contribution in [-0.2, 0) is 4.74 Å². The summed E-state index contributed by atoms with van der Waals surface area (Å²) in [7, 11) is 6.21. The summed E-state index contributed by atoms with van der Waals surface area (Å²) < 4.78 is 5.59. The van der Waals surface area contributed by atoms with Crippen molar-refractivity contribution in [3.63, 3.8) is 0 Å². The van der Waals surface area contributed by atoms with Crippen LogP contribution in [0.3, 0.4) is 0 Å². The van der Waals surface area contributed by atoms with Crippen molar-refractivity contribution in [2.75, 3.05) is 72.0 Å². The number of aliphatic imine (C=N–C) groups is 1. The molecule has 0 spiro atoms. The molecule has 1 aromatic carbocycles. The van der Waals surface area contributed by atoms with Gasteiger partial charge in [0.1, 0.15) is 0 Å². The first-order chi connectivity index (χ1) is 13.4. The minimum Gasteiger partial charge on any atom is -0.381 e. The molecule has 0 aromatic heterocycles. The smallest absolute Gasteiger partial charge is 0.193 e. The summed E-state index contributed by atoms with van der Waals surface area (Å²) >= 11 is 6.21. The van der Waals surface area contributed by atoms with Crippen molar-refractivity contribution in [2.24, 2.45) is 4.99 Å². The second kappa shape index (κ2) is 11.0. The van der Waals surface area contributed by atoms with Crippen molar-refractivity contribution in [3.8, 4) is 0 Å². The molecular formula is C21H35ClIN5O. The topological polar surface area (TPSA) is 43.3 Å². The molecule has 1 aromatic rings. The molecule has 2 aliphatic heterocycles. The maximum atomic E-state index is 6.21. The lowest BCUT2D eigenvalue weighted by molar-refractivity contribution is -0.00526. The fourth-order valence-electron chi connectivity index (χ4n) is 4.19. The quantitative estimate of drug-likeness (QED) is 0.365. The number of anilines is 1. The molecule has 0 radical (unpaired) electrons. The molecule has 8 heteroatoms. The van der Waals surface area contributed by atoms with Gasteiger partial charge in [-0.3, -0.25) is 4.99 Å². The summed E-state index contributed by atoms with van der Waals surface area (Å²) in [6.07, 6.45) is 2.09. The summed E-state index contributed by atoms with van der Waals surface area (Å²) in [5.74, 6) is 0.996. The molecule has 6 nitrogen and oxygen atoms in total. The van der Waals surface area contributed by atoms with E-state index in [4.69, 9.17) is 16.3 Å². The Labute approximate surface area is 197 Å². The molecule has 3 rings (SSSR count). The van der Waals surface area contributed by atoms with Crippen LogP contribution in [0.5, 0.6) is 0 Å². The molecule has 0 unspecified atom stereocenters. The van der Waals surface area contributed by atoms with E-state index in [0.29, 0.717) is 0 Å². The fraction of sp³-hybridized carbons (Fsp3) is 0.667. The number of aryl methyl sites for hydroxylation is 1. The minimum atomic E-state index is 0. The van der Waals surface area contributed by atoms with E-state index in [1.54, 1.807) is 0 Å². The van der Waals surface area contributed by atoms with Crippen molar-refractivity contribution >= 4 is 47.2 Å². The maximum Gasteiger partial charge on any atom is 0.193 e. The van der Waals surface area contributed by atoms with Gasteiger partial charge in [0, 0.05) is 69.2 Å². The lowest BCUT2D eigenvalue weighted by atomic mass is 9.88. The van der Waals surface area contributed by atoms with Crippen LogP contribution in [0.25, 0.3) is 0 Å². The molecule has 2 aliphatic rings. The molecule has 2 fully saturated rings. The van der Waals surface area contributed by atoms with Crippen LogP contribution >= 0.6 is 35.6 Å². The molecule has 29 heavy (non-hydrogen) atoms. The van der Waals surface area contributed by atoms with E-state index < -0.39 is 0 Å². The van der Waals surface area contributed by atoms with E-state index in [9.17, 15) is 0 Å². The lowest BCUT2D eigenvalue weighted by Crippen LogP contribution is -2.59. The Kier molecular flexibility index (Phi) is 9.31. The molecule has 0 atom stereocenters. The molecule has 2 heterocycles. The molecule has 0 aliphatic carbocycles. The zero-order chi connectivity index (χ0) is 20.1. The summed E-state index contributed by atoms with van der Waals surface area (Å²) in [5.41, 5.74) is 2.64. The van der Waals surface area contributed by atoms with Crippen LogP contribution in [0.1, 0.15) is 18.4 Å². The van der Waals surface area contributed by atoms with Crippen LogP contribution in [-0.4, -0.2) is 88.4 Å². The summed E-state index contributed by atoms with van der Waals surface area (Å²) in [6, 6.07) is 6.13. The molecule has 1 N–H and O–H groups in total. The summed E-state index contributed by atoms with van der Waals surface area (Å²) in [5, 5.41) is 4.44. The minimum absolute atomic E-state index is 0. The maximum absolute atomic E-state index is 6.21. The number of ether oxygens (including phenoxy) is 1. The van der Waals surface area contributed by atoms with E-state index in [2.05, 4.69) is 58.2 Å². The Morgan fingerprint density at radius 3 is 2.45 bits per heavy atom. The highest BCUT2D eigenvalue weighted by Crippen LogP contribution is 2.26. The third-order valence-electron chi connectivity index (χ3n) is 6.25. The van der Waals surface area contributed by atoms with Gasteiger partial charge in [0.2, 0.25) is 0 Å². The van der Waals surface area contributed by atoms with Gasteiger partial charge in [-0.1, -0.05) is 17.7 Å². The number of likely N-dealkylation sites (N-methyl/N-ethyl adjacent to an activating group) is 1. The third kappa shape index (κ3) is 5.89. The average Bonchev–Trinajstić information content (AvgIpc) is 2.71. The number of piperazine rings is 1. The van der Waals surface area contributed by atoms with Crippen molar-refractivity contribution in [3.05, 3.63) is 28.8 Å². The van der Waals surface area contributed by atoms with Gasteiger partial charge in [0.25, 0.3) is 0 Å². The van der Waals surface area contributed by atoms with Crippen molar-refractivity contribution < 1.29 is 4.74 Å². The van der Waals surface area contributed by atoms with Crippen LogP contribution in [0.4, 0.5) is 5.69 Å². The highest BCUT2D eigenvalue weighted by atomic mass is 127. The van der Waals surface area contributed by atoms with E-state index in [-0.39, 0.29) is 29.5 Å². The molecule has 0 bridgehead atoms. The van der Waals surface area contributed by atoms with Gasteiger partial charge in [-0.2, -0.15) is 0 Å². The first-order valence-corrected chi connectivity index (χ1v) is 10.5. The van der Waals surface area contributed by atoms with E-state index in [1.807, 2.05) is 13.1 Å². The standard InChI is InChI=1S/C21H34ClN5O.HI/c1-17-5-6-18(22)15-19(17)26-9-11-27(12-10-26)20(23-2)24-16-21(25(3)4)7-13-28-14-8-21;/h5-6,15H,7-14,16H2,1-4H3,(H,23,24);1H. The number of guanidine groups is 1. The largest absolute Gasteiger partial charge is 0.381 e. The molecule has 0 saturated carbocycles. The second-order valence-electron chi connectivity index (χ2n) is 8.04. The molecular weight excluding hydrogens is 501 g/mol. The van der Waals surface area contributed by atoms with E-state index in [1.165, 1.54) is 11.3 Å². The van der Waals surface area contributed by atoms with Crippen LogP contribution < -0.4 is 10.2 Å². The zero-order valence-corrected chi connectivity index (χ0v) is 21.2. The van der Waals surface area contributed by atoms with E-state index in [0.717, 1.165) is 69.8 Å². The number of nitrogens with zero attached hydrogens (tertiary/aromatic N) is 4. The predicted molar refractivity (Wildman–Crippen MR) is 133 cm³/mol. The highest BCUT2D eigenvalue weighted by molar-refractivity contribution is 14.0. The van der Waals surface area contributed by atoms with Gasteiger partial charge in [-0.15, -0.1) is 24.0 Å². The SMILES string of the molecule is CN=C(NCC1(N(C)C)CCOCC1)N1CCN(c2cc(Cl)ccc2C)CC1.I. The zero-order valence-electron chi connectivity index (χ0n) is 18.1. The number of nitrogens with one attached hydrogen (secondary N) is 1. The van der Waals surface area contributed by atoms with Crippen molar-refractivity contribution in [1.82, 2.24) is 15.1 Å².